The van der Waals surface area contributed by atoms with Gasteiger partial charge in [0.25, 0.3) is 5.91 Å². The van der Waals surface area contributed by atoms with Gasteiger partial charge in [-0.1, -0.05) is 0 Å². The van der Waals surface area contributed by atoms with Crippen LogP contribution in [0.2, 0.25) is 0 Å². The Kier molecular flexibility index (Phi) is 4.34. The lowest BCUT2D eigenvalue weighted by molar-refractivity contribution is 0.0717. The van der Waals surface area contributed by atoms with Crippen LogP contribution in [0.4, 0.5) is 5.95 Å². The maximum absolute atomic E-state index is 13.4. The molecule has 0 saturated carbocycles. The van der Waals surface area contributed by atoms with Crippen LogP contribution in [-0.2, 0) is 7.05 Å². The molecular weight excluding hydrogens is 386 g/mol. The summed E-state index contributed by atoms with van der Waals surface area (Å²) in [4.78, 5) is 31.4. The van der Waals surface area contributed by atoms with Crippen LogP contribution in [0, 0.1) is 13.8 Å². The van der Waals surface area contributed by atoms with Crippen LogP contribution in [0.1, 0.15) is 34.6 Å². The van der Waals surface area contributed by atoms with Crippen LogP contribution < -0.4 is 4.90 Å². The number of carbonyl (C=O) groups excluding carboxylic acids is 1. The van der Waals surface area contributed by atoms with Crippen molar-refractivity contribution in [3.05, 3.63) is 40.8 Å². The first-order valence-corrected chi connectivity index (χ1v) is 10.7. The Morgan fingerprint density at radius 3 is 2.45 bits per heavy atom. The molecule has 2 unspecified atom stereocenters. The second-order valence-electron chi connectivity index (χ2n) is 7.86. The molecule has 2 aliphatic rings. The maximum Gasteiger partial charge on any atom is 0.257 e. The maximum atomic E-state index is 13.4. The Labute approximate surface area is 173 Å². The predicted molar refractivity (Wildman–Crippen MR) is 111 cm³/mol. The van der Waals surface area contributed by atoms with Gasteiger partial charge >= 0.3 is 0 Å². The van der Waals surface area contributed by atoms with Gasteiger partial charge in [0.2, 0.25) is 5.95 Å². The van der Waals surface area contributed by atoms with Crippen molar-refractivity contribution in [1.82, 2.24) is 29.6 Å². The van der Waals surface area contributed by atoms with Crippen molar-refractivity contribution in [3.8, 4) is 10.7 Å². The summed E-state index contributed by atoms with van der Waals surface area (Å²) in [5.41, 5.74) is 3.25. The molecule has 29 heavy (non-hydrogen) atoms. The number of aryl methyl sites for hydroxylation is 3. The Morgan fingerprint density at radius 2 is 1.83 bits per heavy atom. The molecule has 2 saturated heterocycles. The number of piperazine rings is 1. The first kappa shape index (κ1) is 18.2. The fourth-order valence-corrected chi connectivity index (χ4v) is 5.17. The number of fused-ring (bicyclic) bond motifs is 2. The van der Waals surface area contributed by atoms with Crippen molar-refractivity contribution >= 4 is 23.2 Å². The summed E-state index contributed by atoms with van der Waals surface area (Å²) in [5.74, 6) is 0.827. The highest BCUT2D eigenvalue weighted by Crippen LogP contribution is 2.34. The van der Waals surface area contributed by atoms with Crippen LogP contribution >= 0.6 is 11.3 Å². The molecule has 5 heterocycles. The fraction of sp³-hybridized carbons (Fsp3) is 0.450. The standard InChI is InChI=1S/C20H23N7OS/c1-12-8-13(2)23-20(22-12)27-14-4-5-15(27)10-26(9-14)19(28)16-11-25(3)24-17(16)18-21-6-7-29-18/h6-8,11,14-15H,4-5,9-10H2,1-3H3. The topological polar surface area (TPSA) is 80.0 Å². The van der Waals surface area contributed by atoms with Gasteiger partial charge in [0, 0.05) is 61.4 Å². The largest absolute Gasteiger partial charge is 0.334 e. The average Bonchev–Trinajstić information content (AvgIpc) is 3.38. The first-order chi connectivity index (χ1) is 14.0. The minimum absolute atomic E-state index is 0.0289. The molecule has 0 aliphatic carbocycles. The molecule has 150 valence electrons. The molecule has 5 rings (SSSR count). The number of nitrogens with zero attached hydrogens (tertiary/aromatic N) is 7. The van der Waals surface area contributed by atoms with Gasteiger partial charge in [-0.05, 0) is 32.8 Å². The molecule has 2 atom stereocenters. The van der Waals surface area contributed by atoms with E-state index in [0.717, 1.165) is 35.2 Å². The number of likely N-dealkylation sites (tertiary alicyclic amines) is 1. The molecule has 0 spiro atoms. The van der Waals surface area contributed by atoms with Crippen molar-refractivity contribution in [2.75, 3.05) is 18.0 Å². The van der Waals surface area contributed by atoms with E-state index >= 15 is 0 Å². The minimum Gasteiger partial charge on any atom is -0.334 e. The molecule has 2 aliphatic heterocycles. The third kappa shape index (κ3) is 3.19. The van der Waals surface area contributed by atoms with E-state index in [1.165, 1.54) is 11.3 Å². The summed E-state index contributed by atoms with van der Waals surface area (Å²) >= 11 is 1.50. The number of thiazole rings is 1. The van der Waals surface area contributed by atoms with E-state index in [2.05, 4.69) is 25.0 Å². The van der Waals surface area contributed by atoms with Crippen LogP contribution in [0.3, 0.4) is 0 Å². The van der Waals surface area contributed by atoms with Crippen molar-refractivity contribution < 1.29 is 4.79 Å². The average molecular weight is 410 g/mol. The second kappa shape index (κ2) is 6.91. The number of amides is 1. The summed E-state index contributed by atoms with van der Waals surface area (Å²) in [6.45, 7) is 5.36. The number of rotatable bonds is 3. The number of hydrogen-bond donors (Lipinski definition) is 0. The Balaban J connectivity index is 1.41. The monoisotopic (exact) mass is 409 g/mol. The van der Waals surface area contributed by atoms with E-state index in [1.54, 1.807) is 17.1 Å². The van der Waals surface area contributed by atoms with Crippen molar-refractivity contribution in [2.24, 2.45) is 7.05 Å². The van der Waals surface area contributed by atoms with Gasteiger partial charge in [-0.3, -0.25) is 9.48 Å². The lowest BCUT2D eigenvalue weighted by Crippen LogP contribution is -2.56. The molecule has 3 aromatic heterocycles. The zero-order chi connectivity index (χ0) is 20.1. The smallest absolute Gasteiger partial charge is 0.257 e. The zero-order valence-electron chi connectivity index (χ0n) is 16.7. The summed E-state index contributed by atoms with van der Waals surface area (Å²) < 4.78 is 1.69. The van der Waals surface area contributed by atoms with Gasteiger partial charge in [-0.2, -0.15) is 5.10 Å². The van der Waals surface area contributed by atoms with Gasteiger partial charge in [-0.25, -0.2) is 15.0 Å². The Hall–Kier alpha value is -2.81. The molecule has 0 N–H and O–H groups in total. The van der Waals surface area contributed by atoms with Gasteiger partial charge < -0.3 is 9.80 Å². The van der Waals surface area contributed by atoms with Crippen molar-refractivity contribution in [1.29, 1.82) is 0 Å². The summed E-state index contributed by atoms with van der Waals surface area (Å²) in [6.07, 6.45) is 5.65. The number of hydrogen-bond acceptors (Lipinski definition) is 7. The summed E-state index contributed by atoms with van der Waals surface area (Å²) in [5, 5.41) is 7.17. The van der Waals surface area contributed by atoms with Gasteiger partial charge in [0.1, 0.15) is 10.7 Å². The van der Waals surface area contributed by atoms with E-state index < -0.39 is 0 Å². The number of anilines is 1. The molecule has 8 nitrogen and oxygen atoms in total. The quantitative estimate of drug-likeness (QED) is 0.661. The second-order valence-corrected chi connectivity index (χ2v) is 8.75. The first-order valence-electron chi connectivity index (χ1n) is 9.83. The predicted octanol–water partition coefficient (Wildman–Crippen LogP) is 2.44. The van der Waals surface area contributed by atoms with E-state index in [0.29, 0.717) is 24.3 Å². The highest BCUT2D eigenvalue weighted by Gasteiger charge is 2.43. The van der Waals surface area contributed by atoms with Gasteiger partial charge in [-0.15, -0.1) is 11.3 Å². The Morgan fingerprint density at radius 1 is 1.14 bits per heavy atom. The zero-order valence-corrected chi connectivity index (χ0v) is 17.6. The van der Waals surface area contributed by atoms with Crippen molar-refractivity contribution in [2.45, 2.75) is 38.8 Å². The number of carbonyl (C=O) groups is 1. The van der Waals surface area contributed by atoms with Crippen LogP contribution in [0.5, 0.6) is 0 Å². The highest BCUT2D eigenvalue weighted by atomic mass is 32.1. The molecule has 0 aromatic carbocycles. The van der Waals surface area contributed by atoms with E-state index in [-0.39, 0.29) is 18.0 Å². The molecule has 9 heteroatoms. The Bertz CT molecular complexity index is 1030. The van der Waals surface area contributed by atoms with Crippen LogP contribution in [-0.4, -0.2) is 60.7 Å². The third-order valence-electron chi connectivity index (χ3n) is 5.66. The summed E-state index contributed by atoms with van der Waals surface area (Å²) in [6, 6.07) is 2.49. The number of aromatic nitrogens is 5. The fourth-order valence-electron chi connectivity index (χ4n) is 4.53. The van der Waals surface area contributed by atoms with Gasteiger partial charge in [0.15, 0.2) is 0 Å². The van der Waals surface area contributed by atoms with Crippen LogP contribution in [0.15, 0.2) is 23.8 Å². The lowest BCUT2D eigenvalue weighted by Gasteiger charge is -2.41. The minimum atomic E-state index is 0.0289. The summed E-state index contributed by atoms with van der Waals surface area (Å²) in [7, 11) is 1.84. The van der Waals surface area contributed by atoms with Gasteiger partial charge in [0.05, 0.1) is 5.56 Å². The van der Waals surface area contributed by atoms with Crippen molar-refractivity contribution in [3.63, 3.8) is 0 Å². The molecule has 2 bridgehead atoms. The highest BCUT2D eigenvalue weighted by molar-refractivity contribution is 7.13. The van der Waals surface area contributed by atoms with E-state index in [1.807, 2.05) is 37.2 Å². The molecular formula is C20H23N7OS. The molecule has 1 amide bonds. The SMILES string of the molecule is Cc1cc(C)nc(N2C3CCC2CN(C(=O)c2cn(C)nc2-c2nccs2)C3)n1. The lowest BCUT2D eigenvalue weighted by atomic mass is 10.1. The normalized spacial score (nSPS) is 21.1. The molecule has 3 aromatic rings. The third-order valence-corrected chi connectivity index (χ3v) is 6.44. The molecule has 0 radical (unpaired) electrons. The van der Waals surface area contributed by atoms with E-state index in [4.69, 9.17) is 0 Å². The van der Waals surface area contributed by atoms with E-state index in [9.17, 15) is 4.79 Å². The van der Waals surface area contributed by atoms with Crippen LogP contribution in [0.25, 0.3) is 10.7 Å². The molecule has 2 fully saturated rings.